The molecule has 0 aliphatic carbocycles. The molecule has 2 aromatic rings. The standard InChI is InChI=1S/C19H16ClNO4/c1-12(15-7-2-3-8-16(15)20)25-19(24)13-5-4-6-14(11-13)21-17(22)9-10-18(21)23/h2-8,11-12H,9-10H2,1H3/t12-/m1/s1. The Bertz CT molecular complexity index is 833. The first-order valence-electron chi connectivity index (χ1n) is 7.88. The van der Waals surface area contributed by atoms with E-state index in [9.17, 15) is 14.4 Å². The summed E-state index contributed by atoms with van der Waals surface area (Å²) in [6, 6.07) is 13.4. The Morgan fingerprint density at radius 1 is 1.08 bits per heavy atom. The minimum atomic E-state index is -0.548. The molecule has 6 heteroatoms. The van der Waals surface area contributed by atoms with E-state index in [1.165, 1.54) is 6.07 Å². The third-order valence-electron chi connectivity index (χ3n) is 4.02. The summed E-state index contributed by atoms with van der Waals surface area (Å²) in [5.74, 6) is -1.08. The summed E-state index contributed by atoms with van der Waals surface area (Å²) in [6.45, 7) is 1.73. The highest BCUT2D eigenvalue weighted by atomic mass is 35.5. The number of hydrogen-bond donors (Lipinski definition) is 0. The number of hydrogen-bond acceptors (Lipinski definition) is 4. The van der Waals surface area contributed by atoms with Gasteiger partial charge in [0.15, 0.2) is 0 Å². The van der Waals surface area contributed by atoms with E-state index >= 15 is 0 Å². The van der Waals surface area contributed by atoms with Crippen molar-refractivity contribution < 1.29 is 19.1 Å². The van der Waals surface area contributed by atoms with Gasteiger partial charge in [-0.25, -0.2) is 4.79 Å². The van der Waals surface area contributed by atoms with Crippen LogP contribution in [-0.2, 0) is 14.3 Å². The maximum Gasteiger partial charge on any atom is 0.338 e. The molecule has 0 unspecified atom stereocenters. The molecule has 0 spiro atoms. The van der Waals surface area contributed by atoms with Crippen molar-refractivity contribution in [2.24, 2.45) is 0 Å². The van der Waals surface area contributed by atoms with Gasteiger partial charge in [0.1, 0.15) is 6.10 Å². The number of nitrogens with zero attached hydrogens (tertiary/aromatic N) is 1. The van der Waals surface area contributed by atoms with Crippen molar-refractivity contribution in [3.05, 3.63) is 64.7 Å². The lowest BCUT2D eigenvalue weighted by Crippen LogP contribution is -2.28. The van der Waals surface area contributed by atoms with Gasteiger partial charge in [-0.3, -0.25) is 14.5 Å². The number of ether oxygens (including phenoxy) is 1. The van der Waals surface area contributed by atoms with Gasteiger partial charge >= 0.3 is 5.97 Å². The van der Waals surface area contributed by atoms with Gasteiger partial charge in [-0.15, -0.1) is 0 Å². The lowest BCUT2D eigenvalue weighted by Gasteiger charge is -2.17. The van der Waals surface area contributed by atoms with Crippen LogP contribution in [0.2, 0.25) is 5.02 Å². The number of carbonyl (C=O) groups is 3. The summed E-state index contributed by atoms with van der Waals surface area (Å²) in [4.78, 5) is 37.2. The van der Waals surface area contributed by atoms with Crippen LogP contribution >= 0.6 is 11.6 Å². The molecular formula is C19H16ClNO4. The smallest absolute Gasteiger partial charge is 0.338 e. The van der Waals surface area contributed by atoms with Crippen LogP contribution in [0.1, 0.15) is 41.8 Å². The zero-order chi connectivity index (χ0) is 18.0. The number of rotatable bonds is 4. The van der Waals surface area contributed by atoms with Crippen LogP contribution in [0, 0.1) is 0 Å². The number of carbonyl (C=O) groups excluding carboxylic acids is 3. The highest BCUT2D eigenvalue weighted by Gasteiger charge is 2.30. The van der Waals surface area contributed by atoms with E-state index in [4.69, 9.17) is 16.3 Å². The molecule has 1 fully saturated rings. The zero-order valence-corrected chi connectivity index (χ0v) is 14.3. The summed E-state index contributed by atoms with van der Waals surface area (Å²) in [7, 11) is 0. The number of imide groups is 1. The predicted octanol–water partition coefficient (Wildman–Crippen LogP) is 3.91. The third-order valence-corrected chi connectivity index (χ3v) is 4.36. The van der Waals surface area contributed by atoms with Gasteiger partial charge in [0.05, 0.1) is 11.3 Å². The van der Waals surface area contributed by atoms with E-state index in [-0.39, 0.29) is 30.2 Å². The fourth-order valence-corrected chi connectivity index (χ4v) is 3.02. The van der Waals surface area contributed by atoms with E-state index in [1.807, 2.05) is 6.07 Å². The highest BCUT2D eigenvalue weighted by molar-refractivity contribution is 6.31. The Hall–Kier alpha value is -2.66. The van der Waals surface area contributed by atoms with Gasteiger partial charge in [-0.2, -0.15) is 0 Å². The maximum absolute atomic E-state index is 12.4. The molecule has 1 aliphatic heterocycles. The van der Waals surface area contributed by atoms with Crippen molar-refractivity contribution in [1.29, 1.82) is 0 Å². The van der Waals surface area contributed by atoms with Gasteiger partial charge < -0.3 is 4.74 Å². The number of amides is 2. The van der Waals surface area contributed by atoms with Crippen LogP contribution in [0.25, 0.3) is 0 Å². The lowest BCUT2D eigenvalue weighted by molar-refractivity contribution is -0.121. The second-order valence-electron chi connectivity index (χ2n) is 5.74. The third kappa shape index (κ3) is 3.56. The van der Waals surface area contributed by atoms with E-state index in [1.54, 1.807) is 43.3 Å². The summed E-state index contributed by atoms with van der Waals surface area (Å²) in [5.41, 5.74) is 1.36. The SMILES string of the molecule is C[C@@H](OC(=O)c1cccc(N2C(=O)CCC2=O)c1)c1ccccc1Cl. The summed E-state index contributed by atoms with van der Waals surface area (Å²) < 4.78 is 5.46. The molecule has 2 aromatic carbocycles. The molecule has 0 N–H and O–H groups in total. The Labute approximate surface area is 150 Å². The van der Waals surface area contributed by atoms with Gasteiger partial charge in [0.2, 0.25) is 11.8 Å². The topological polar surface area (TPSA) is 63.7 Å². The first kappa shape index (κ1) is 17.2. The van der Waals surface area contributed by atoms with Crippen molar-refractivity contribution in [2.45, 2.75) is 25.9 Å². The van der Waals surface area contributed by atoms with Crippen LogP contribution in [0.5, 0.6) is 0 Å². The van der Waals surface area contributed by atoms with E-state index in [2.05, 4.69) is 0 Å². The van der Waals surface area contributed by atoms with Crippen molar-refractivity contribution in [2.75, 3.05) is 4.90 Å². The number of benzene rings is 2. The maximum atomic E-state index is 12.4. The number of esters is 1. The van der Waals surface area contributed by atoms with Gasteiger partial charge in [-0.1, -0.05) is 35.9 Å². The number of halogens is 1. The molecule has 1 aliphatic rings. The molecule has 1 saturated heterocycles. The number of anilines is 1. The first-order valence-corrected chi connectivity index (χ1v) is 8.26. The summed E-state index contributed by atoms with van der Waals surface area (Å²) in [6.07, 6.45) is -0.145. The molecule has 128 valence electrons. The fraction of sp³-hybridized carbons (Fsp3) is 0.211. The molecule has 1 heterocycles. The largest absolute Gasteiger partial charge is 0.454 e. The molecule has 0 saturated carbocycles. The summed E-state index contributed by atoms with van der Waals surface area (Å²) in [5, 5.41) is 0.518. The molecule has 1 atom stereocenters. The highest BCUT2D eigenvalue weighted by Crippen LogP contribution is 2.27. The average Bonchev–Trinajstić information content (AvgIpc) is 2.94. The van der Waals surface area contributed by atoms with E-state index < -0.39 is 12.1 Å². The van der Waals surface area contributed by atoms with Gasteiger partial charge in [0.25, 0.3) is 0 Å². The van der Waals surface area contributed by atoms with Crippen LogP contribution < -0.4 is 4.90 Å². The summed E-state index contributed by atoms with van der Waals surface area (Å²) >= 11 is 6.12. The first-order chi connectivity index (χ1) is 12.0. The van der Waals surface area contributed by atoms with Gasteiger partial charge in [-0.05, 0) is 31.2 Å². The fourth-order valence-electron chi connectivity index (χ4n) is 2.73. The Morgan fingerprint density at radius 2 is 1.76 bits per heavy atom. The molecular weight excluding hydrogens is 342 g/mol. The molecule has 2 amide bonds. The van der Waals surface area contributed by atoms with E-state index in [0.717, 1.165) is 4.90 Å². The molecule has 3 rings (SSSR count). The minimum Gasteiger partial charge on any atom is -0.454 e. The molecule has 5 nitrogen and oxygen atoms in total. The van der Waals surface area contributed by atoms with Crippen molar-refractivity contribution >= 4 is 35.1 Å². The average molecular weight is 358 g/mol. The lowest BCUT2D eigenvalue weighted by atomic mass is 10.1. The Balaban J connectivity index is 1.79. The predicted molar refractivity (Wildman–Crippen MR) is 93.5 cm³/mol. The second kappa shape index (κ2) is 7.07. The van der Waals surface area contributed by atoms with Crippen molar-refractivity contribution in [3.63, 3.8) is 0 Å². The van der Waals surface area contributed by atoms with Crippen LogP contribution in [-0.4, -0.2) is 17.8 Å². The van der Waals surface area contributed by atoms with Crippen LogP contribution in [0.15, 0.2) is 48.5 Å². The van der Waals surface area contributed by atoms with Crippen molar-refractivity contribution in [1.82, 2.24) is 0 Å². The normalized spacial score (nSPS) is 15.4. The zero-order valence-electron chi connectivity index (χ0n) is 13.6. The Kier molecular flexibility index (Phi) is 4.86. The molecule has 0 radical (unpaired) electrons. The molecule has 25 heavy (non-hydrogen) atoms. The van der Waals surface area contributed by atoms with Crippen LogP contribution in [0.3, 0.4) is 0 Å². The van der Waals surface area contributed by atoms with Crippen molar-refractivity contribution in [3.8, 4) is 0 Å². The van der Waals surface area contributed by atoms with E-state index in [0.29, 0.717) is 16.3 Å². The quantitative estimate of drug-likeness (QED) is 0.614. The Morgan fingerprint density at radius 3 is 2.44 bits per heavy atom. The molecule has 0 aromatic heterocycles. The van der Waals surface area contributed by atoms with Gasteiger partial charge in [0, 0.05) is 23.4 Å². The minimum absolute atomic E-state index is 0.192. The van der Waals surface area contributed by atoms with Crippen LogP contribution in [0.4, 0.5) is 5.69 Å². The molecule has 0 bridgehead atoms. The second-order valence-corrected chi connectivity index (χ2v) is 6.15. The monoisotopic (exact) mass is 357 g/mol.